The predicted octanol–water partition coefficient (Wildman–Crippen LogP) is 4.53. The van der Waals surface area contributed by atoms with Crippen LogP contribution in [0.15, 0.2) is 82.0 Å². The van der Waals surface area contributed by atoms with Gasteiger partial charge >= 0.3 is 5.63 Å². The standard InChI is InChI=1S/C20H14O3/c21-19-12-15(13-22-16-7-2-1-3-8-16)20-17-9-5-4-6-14(17)10-11-18(20)23-19/h1-12H,13H2. The third kappa shape index (κ3) is 2.57. The lowest BCUT2D eigenvalue weighted by Crippen LogP contribution is -2.04. The average Bonchev–Trinajstić information content (AvgIpc) is 2.60. The van der Waals surface area contributed by atoms with Gasteiger partial charge in [-0.25, -0.2) is 4.79 Å². The molecule has 0 unspecified atom stereocenters. The van der Waals surface area contributed by atoms with Gasteiger partial charge < -0.3 is 9.15 Å². The van der Waals surface area contributed by atoms with Gasteiger partial charge in [-0.1, -0.05) is 48.5 Å². The molecule has 1 aromatic heterocycles. The van der Waals surface area contributed by atoms with E-state index in [0.29, 0.717) is 12.2 Å². The molecule has 0 bridgehead atoms. The van der Waals surface area contributed by atoms with Crippen LogP contribution in [0.1, 0.15) is 5.56 Å². The zero-order chi connectivity index (χ0) is 15.6. The maximum absolute atomic E-state index is 11.8. The molecule has 23 heavy (non-hydrogen) atoms. The van der Waals surface area contributed by atoms with Crippen LogP contribution in [-0.4, -0.2) is 0 Å². The summed E-state index contributed by atoms with van der Waals surface area (Å²) in [5, 5.41) is 3.09. The van der Waals surface area contributed by atoms with Crippen molar-refractivity contribution in [2.75, 3.05) is 0 Å². The highest BCUT2D eigenvalue weighted by Crippen LogP contribution is 2.28. The van der Waals surface area contributed by atoms with Gasteiger partial charge in [-0.05, 0) is 29.0 Å². The largest absolute Gasteiger partial charge is 0.489 e. The van der Waals surface area contributed by atoms with Gasteiger partial charge in [0.25, 0.3) is 0 Å². The minimum Gasteiger partial charge on any atom is -0.489 e. The maximum Gasteiger partial charge on any atom is 0.336 e. The number of ether oxygens (including phenoxy) is 1. The third-order valence-corrected chi connectivity index (χ3v) is 3.85. The van der Waals surface area contributed by atoms with Gasteiger partial charge in [0.05, 0.1) is 0 Å². The van der Waals surface area contributed by atoms with Gasteiger partial charge in [-0.2, -0.15) is 0 Å². The van der Waals surface area contributed by atoms with Crippen molar-refractivity contribution < 1.29 is 9.15 Å². The van der Waals surface area contributed by atoms with Crippen molar-refractivity contribution in [3.05, 3.63) is 88.8 Å². The van der Waals surface area contributed by atoms with Crippen molar-refractivity contribution in [2.45, 2.75) is 6.61 Å². The van der Waals surface area contributed by atoms with Crippen LogP contribution in [-0.2, 0) is 6.61 Å². The van der Waals surface area contributed by atoms with E-state index in [-0.39, 0.29) is 5.63 Å². The Hall–Kier alpha value is -3.07. The molecule has 4 rings (SSSR count). The van der Waals surface area contributed by atoms with Crippen LogP contribution in [0.5, 0.6) is 5.75 Å². The Bertz CT molecular complexity index is 1030. The summed E-state index contributed by atoms with van der Waals surface area (Å²) in [6.07, 6.45) is 0. The normalized spacial score (nSPS) is 11.0. The highest BCUT2D eigenvalue weighted by Gasteiger charge is 2.10. The molecule has 1 heterocycles. The quantitative estimate of drug-likeness (QED) is 0.412. The Kier molecular flexibility index (Phi) is 3.31. The first-order valence-corrected chi connectivity index (χ1v) is 7.43. The summed E-state index contributed by atoms with van der Waals surface area (Å²) in [5.41, 5.74) is 1.05. The van der Waals surface area contributed by atoms with Gasteiger partial charge in [0, 0.05) is 17.0 Å². The first kappa shape index (κ1) is 13.6. The van der Waals surface area contributed by atoms with Crippen LogP contribution in [0, 0.1) is 0 Å². The Labute approximate surface area is 132 Å². The van der Waals surface area contributed by atoms with E-state index in [1.165, 1.54) is 6.07 Å². The SMILES string of the molecule is O=c1cc(COc2ccccc2)c2c(ccc3ccccc32)o1. The summed E-state index contributed by atoms with van der Waals surface area (Å²) in [4.78, 5) is 11.8. The number of rotatable bonds is 3. The predicted molar refractivity (Wildman–Crippen MR) is 90.8 cm³/mol. The van der Waals surface area contributed by atoms with E-state index >= 15 is 0 Å². The van der Waals surface area contributed by atoms with Crippen LogP contribution >= 0.6 is 0 Å². The Morgan fingerprint density at radius 2 is 1.65 bits per heavy atom. The molecule has 0 amide bonds. The molecule has 3 nitrogen and oxygen atoms in total. The Balaban J connectivity index is 1.87. The van der Waals surface area contributed by atoms with Crippen LogP contribution in [0.4, 0.5) is 0 Å². The van der Waals surface area contributed by atoms with Crippen LogP contribution in [0.3, 0.4) is 0 Å². The fourth-order valence-corrected chi connectivity index (χ4v) is 2.81. The molecule has 0 aliphatic rings. The molecule has 112 valence electrons. The lowest BCUT2D eigenvalue weighted by atomic mass is 10.0. The number of hydrogen-bond acceptors (Lipinski definition) is 3. The Morgan fingerprint density at radius 3 is 2.52 bits per heavy atom. The van der Waals surface area contributed by atoms with Gasteiger partial charge in [0.15, 0.2) is 0 Å². The van der Waals surface area contributed by atoms with Crippen molar-refractivity contribution in [3.8, 4) is 5.75 Å². The first-order chi connectivity index (χ1) is 11.3. The average molecular weight is 302 g/mol. The second-order valence-corrected chi connectivity index (χ2v) is 5.35. The van der Waals surface area contributed by atoms with Crippen molar-refractivity contribution >= 4 is 21.7 Å². The van der Waals surface area contributed by atoms with Crippen molar-refractivity contribution in [1.82, 2.24) is 0 Å². The highest BCUT2D eigenvalue weighted by atomic mass is 16.5. The summed E-state index contributed by atoms with van der Waals surface area (Å²) in [6, 6.07) is 22.9. The molecule has 0 atom stereocenters. The van der Waals surface area contributed by atoms with Crippen molar-refractivity contribution in [3.63, 3.8) is 0 Å². The lowest BCUT2D eigenvalue weighted by Gasteiger charge is -2.10. The molecule has 0 N–H and O–H groups in total. The molecule has 0 aliphatic carbocycles. The fraction of sp³-hybridized carbons (Fsp3) is 0.0500. The minimum absolute atomic E-state index is 0.320. The number of hydrogen-bond donors (Lipinski definition) is 0. The smallest absolute Gasteiger partial charge is 0.336 e. The lowest BCUT2D eigenvalue weighted by molar-refractivity contribution is 0.306. The fourth-order valence-electron chi connectivity index (χ4n) is 2.81. The van der Waals surface area contributed by atoms with Crippen LogP contribution < -0.4 is 10.4 Å². The summed E-state index contributed by atoms with van der Waals surface area (Å²) in [7, 11) is 0. The van der Waals surface area contributed by atoms with Crippen LogP contribution in [0.2, 0.25) is 0 Å². The Morgan fingerprint density at radius 1 is 0.870 bits per heavy atom. The van der Waals surface area contributed by atoms with E-state index in [1.807, 2.05) is 66.7 Å². The molecule has 0 saturated heterocycles. The monoisotopic (exact) mass is 302 g/mol. The van der Waals surface area contributed by atoms with Gasteiger partial charge in [-0.15, -0.1) is 0 Å². The van der Waals surface area contributed by atoms with Crippen molar-refractivity contribution in [1.29, 1.82) is 0 Å². The molecule has 0 saturated carbocycles. The van der Waals surface area contributed by atoms with E-state index in [2.05, 4.69) is 0 Å². The molecule has 4 aromatic rings. The van der Waals surface area contributed by atoms with Crippen molar-refractivity contribution in [2.24, 2.45) is 0 Å². The van der Waals surface area contributed by atoms with Gasteiger partial charge in [0.1, 0.15) is 17.9 Å². The van der Waals surface area contributed by atoms with Crippen LogP contribution in [0.25, 0.3) is 21.7 Å². The molecule has 0 aliphatic heterocycles. The molecular formula is C20H14O3. The van der Waals surface area contributed by atoms with Gasteiger partial charge in [-0.3, -0.25) is 0 Å². The molecule has 0 radical (unpaired) electrons. The number of fused-ring (bicyclic) bond motifs is 3. The molecule has 0 fully saturated rings. The second kappa shape index (κ2) is 5.61. The molecule has 3 heteroatoms. The molecule has 3 aromatic carbocycles. The van der Waals surface area contributed by atoms with E-state index in [9.17, 15) is 4.79 Å². The first-order valence-electron chi connectivity index (χ1n) is 7.43. The second-order valence-electron chi connectivity index (χ2n) is 5.35. The van der Waals surface area contributed by atoms with Gasteiger partial charge in [0.2, 0.25) is 0 Å². The minimum atomic E-state index is -0.362. The number of benzene rings is 3. The summed E-state index contributed by atoms with van der Waals surface area (Å²) >= 11 is 0. The maximum atomic E-state index is 11.8. The topological polar surface area (TPSA) is 39.4 Å². The van der Waals surface area contributed by atoms with E-state index < -0.39 is 0 Å². The summed E-state index contributed by atoms with van der Waals surface area (Å²) in [6.45, 7) is 0.320. The number of para-hydroxylation sites is 1. The van der Waals surface area contributed by atoms with E-state index in [0.717, 1.165) is 27.5 Å². The van der Waals surface area contributed by atoms with E-state index in [4.69, 9.17) is 9.15 Å². The molecule has 0 spiro atoms. The highest BCUT2D eigenvalue weighted by molar-refractivity contribution is 6.06. The zero-order valence-electron chi connectivity index (χ0n) is 12.4. The third-order valence-electron chi connectivity index (χ3n) is 3.85. The summed E-state index contributed by atoms with van der Waals surface area (Å²) in [5.74, 6) is 0.772. The van der Waals surface area contributed by atoms with E-state index in [1.54, 1.807) is 0 Å². The molecular weight excluding hydrogens is 288 g/mol. The summed E-state index contributed by atoms with van der Waals surface area (Å²) < 4.78 is 11.2. The zero-order valence-corrected chi connectivity index (χ0v) is 12.4.